The number of hydrogen-bond acceptors (Lipinski definition) is 8. The van der Waals surface area contributed by atoms with Crippen molar-refractivity contribution in [2.75, 3.05) is 19.0 Å². The van der Waals surface area contributed by atoms with Crippen LogP contribution in [0.1, 0.15) is 26.3 Å². The number of ether oxygens (including phenoxy) is 3. The number of carbonyl (C=O) groups is 1. The number of nitrogens with one attached hydrogen (secondary N) is 1. The van der Waals surface area contributed by atoms with Crippen LogP contribution in [0.5, 0.6) is 11.5 Å². The predicted molar refractivity (Wildman–Crippen MR) is 103 cm³/mol. The monoisotopic (exact) mass is 389 g/mol. The van der Waals surface area contributed by atoms with Gasteiger partial charge in [-0.1, -0.05) is 12.1 Å². The molecular weight excluding hydrogens is 366 g/mol. The molecule has 9 heteroatoms. The van der Waals surface area contributed by atoms with Crippen molar-refractivity contribution >= 4 is 17.5 Å². The SMILES string of the molecule is COc1ccc(COc2ccnc(NCC(=O)OC(C)(C)C)c2[N+](=O)[O-])cc1. The van der Waals surface area contributed by atoms with Crippen LogP contribution in [0, 0.1) is 10.1 Å². The van der Waals surface area contributed by atoms with Crippen molar-refractivity contribution < 1.29 is 23.9 Å². The molecular formula is C19H23N3O6. The average Bonchev–Trinajstić information content (AvgIpc) is 2.63. The van der Waals surface area contributed by atoms with E-state index in [2.05, 4.69) is 10.3 Å². The van der Waals surface area contributed by atoms with Crippen LogP contribution in [-0.2, 0) is 16.1 Å². The van der Waals surface area contributed by atoms with Crippen LogP contribution in [0.15, 0.2) is 36.5 Å². The van der Waals surface area contributed by atoms with Gasteiger partial charge in [-0.05, 0) is 38.5 Å². The number of pyridine rings is 1. The molecule has 1 heterocycles. The Balaban J connectivity index is 2.11. The number of carbonyl (C=O) groups excluding carboxylic acids is 1. The molecule has 0 bridgehead atoms. The van der Waals surface area contributed by atoms with Crippen molar-refractivity contribution in [3.63, 3.8) is 0 Å². The quantitative estimate of drug-likeness (QED) is 0.415. The van der Waals surface area contributed by atoms with Gasteiger partial charge in [0.2, 0.25) is 11.6 Å². The second-order valence-electron chi connectivity index (χ2n) is 6.84. The molecule has 1 aromatic heterocycles. The van der Waals surface area contributed by atoms with E-state index in [0.717, 1.165) is 5.56 Å². The Morgan fingerprint density at radius 2 is 1.89 bits per heavy atom. The van der Waals surface area contributed by atoms with Crippen LogP contribution in [0.4, 0.5) is 11.5 Å². The fourth-order valence-corrected chi connectivity index (χ4v) is 2.27. The van der Waals surface area contributed by atoms with Gasteiger partial charge < -0.3 is 19.5 Å². The van der Waals surface area contributed by atoms with Crippen molar-refractivity contribution in [2.45, 2.75) is 33.0 Å². The molecule has 9 nitrogen and oxygen atoms in total. The summed E-state index contributed by atoms with van der Waals surface area (Å²) < 4.78 is 15.9. The first-order chi connectivity index (χ1) is 13.2. The number of esters is 1. The Hall–Kier alpha value is -3.36. The van der Waals surface area contributed by atoms with Gasteiger partial charge in [-0.25, -0.2) is 4.98 Å². The first-order valence-corrected chi connectivity index (χ1v) is 8.54. The van der Waals surface area contributed by atoms with E-state index >= 15 is 0 Å². The lowest BCUT2D eigenvalue weighted by Crippen LogP contribution is -2.28. The lowest BCUT2D eigenvalue weighted by atomic mass is 10.2. The van der Waals surface area contributed by atoms with Crippen LogP contribution in [0.2, 0.25) is 0 Å². The highest BCUT2D eigenvalue weighted by atomic mass is 16.6. The molecule has 0 atom stereocenters. The molecule has 28 heavy (non-hydrogen) atoms. The molecule has 1 aromatic carbocycles. The summed E-state index contributed by atoms with van der Waals surface area (Å²) in [6, 6.07) is 8.54. The Morgan fingerprint density at radius 1 is 1.21 bits per heavy atom. The van der Waals surface area contributed by atoms with Gasteiger partial charge in [-0.3, -0.25) is 14.9 Å². The van der Waals surface area contributed by atoms with Crippen molar-refractivity contribution in [1.82, 2.24) is 4.98 Å². The van der Waals surface area contributed by atoms with E-state index in [0.29, 0.717) is 5.75 Å². The summed E-state index contributed by atoms with van der Waals surface area (Å²) in [6.45, 7) is 5.07. The summed E-state index contributed by atoms with van der Waals surface area (Å²) in [7, 11) is 1.57. The van der Waals surface area contributed by atoms with E-state index < -0.39 is 16.5 Å². The Bertz CT molecular complexity index is 831. The molecule has 0 fully saturated rings. The van der Waals surface area contributed by atoms with Crippen LogP contribution >= 0.6 is 0 Å². The van der Waals surface area contributed by atoms with Crippen molar-refractivity contribution in [3.05, 3.63) is 52.2 Å². The van der Waals surface area contributed by atoms with E-state index in [1.807, 2.05) is 0 Å². The number of methoxy groups -OCH3 is 1. The van der Waals surface area contributed by atoms with Gasteiger partial charge in [0.1, 0.15) is 24.5 Å². The second-order valence-corrected chi connectivity index (χ2v) is 6.84. The van der Waals surface area contributed by atoms with Gasteiger partial charge in [-0.2, -0.15) is 0 Å². The van der Waals surface area contributed by atoms with Crippen LogP contribution in [0.25, 0.3) is 0 Å². The maximum absolute atomic E-state index is 11.8. The zero-order valence-electron chi connectivity index (χ0n) is 16.2. The highest BCUT2D eigenvalue weighted by Crippen LogP contribution is 2.33. The highest BCUT2D eigenvalue weighted by molar-refractivity contribution is 5.77. The lowest BCUT2D eigenvalue weighted by Gasteiger charge is -2.19. The first kappa shape index (κ1) is 20.9. The molecule has 2 aromatic rings. The number of aromatic nitrogens is 1. The highest BCUT2D eigenvalue weighted by Gasteiger charge is 2.24. The van der Waals surface area contributed by atoms with Crippen molar-refractivity contribution in [2.24, 2.45) is 0 Å². The summed E-state index contributed by atoms with van der Waals surface area (Å²) in [4.78, 5) is 26.7. The Morgan fingerprint density at radius 3 is 2.46 bits per heavy atom. The molecule has 1 N–H and O–H groups in total. The fraction of sp³-hybridized carbons (Fsp3) is 0.368. The molecule has 0 aliphatic heterocycles. The molecule has 2 rings (SSSR count). The minimum atomic E-state index is -0.651. The normalized spacial score (nSPS) is 10.9. The molecule has 0 aliphatic rings. The predicted octanol–water partition coefficient (Wildman–Crippen LogP) is 3.33. The third-order valence-corrected chi connectivity index (χ3v) is 3.44. The largest absolute Gasteiger partial charge is 0.497 e. The van der Waals surface area contributed by atoms with Crippen molar-refractivity contribution in [1.29, 1.82) is 0 Å². The van der Waals surface area contributed by atoms with Gasteiger partial charge in [0.15, 0.2) is 0 Å². The maximum Gasteiger partial charge on any atom is 0.352 e. The minimum absolute atomic E-state index is 0.0440. The third-order valence-electron chi connectivity index (χ3n) is 3.44. The third kappa shape index (κ3) is 6.11. The molecule has 150 valence electrons. The molecule has 0 aliphatic carbocycles. The van der Waals surface area contributed by atoms with Gasteiger partial charge in [0.05, 0.1) is 12.0 Å². The van der Waals surface area contributed by atoms with E-state index in [1.165, 1.54) is 12.3 Å². The van der Waals surface area contributed by atoms with Crippen LogP contribution in [0.3, 0.4) is 0 Å². The van der Waals surface area contributed by atoms with E-state index in [9.17, 15) is 14.9 Å². The fourth-order valence-electron chi connectivity index (χ4n) is 2.27. The van der Waals surface area contributed by atoms with Gasteiger partial charge in [0.25, 0.3) is 0 Å². The zero-order valence-corrected chi connectivity index (χ0v) is 16.2. The summed E-state index contributed by atoms with van der Waals surface area (Å²) in [5.41, 5.74) is -0.184. The second kappa shape index (κ2) is 9.03. The molecule has 0 saturated carbocycles. The van der Waals surface area contributed by atoms with Crippen LogP contribution < -0.4 is 14.8 Å². The summed E-state index contributed by atoms with van der Waals surface area (Å²) in [6.07, 6.45) is 1.37. The van der Waals surface area contributed by atoms with E-state index in [1.54, 1.807) is 52.1 Å². The van der Waals surface area contributed by atoms with E-state index in [4.69, 9.17) is 14.2 Å². The number of nitrogens with zero attached hydrogens (tertiary/aromatic N) is 2. The minimum Gasteiger partial charge on any atom is -0.497 e. The summed E-state index contributed by atoms with van der Waals surface area (Å²) in [5, 5.41) is 14.2. The summed E-state index contributed by atoms with van der Waals surface area (Å²) in [5.74, 6) is 0.131. The first-order valence-electron chi connectivity index (χ1n) is 8.54. The number of rotatable bonds is 8. The lowest BCUT2D eigenvalue weighted by molar-refractivity contribution is -0.385. The Kier molecular flexibility index (Phi) is 6.75. The van der Waals surface area contributed by atoms with Crippen LogP contribution in [-0.4, -0.2) is 35.1 Å². The maximum atomic E-state index is 11.8. The number of hydrogen-bond donors (Lipinski definition) is 1. The number of nitro groups is 1. The van der Waals surface area contributed by atoms with E-state index in [-0.39, 0.29) is 30.4 Å². The van der Waals surface area contributed by atoms with Gasteiger partial charge in [-0.15, -0.1) is 0 Å². The molecule has 0 radical (unpaired) electrons. The summed E-state index contributed by atoms with van der Waals surface area (Å²) >= 11 is 0. The molecule has 0 amide bonds. The van der Waals surface area contributed by atoms with Gasteiger partial charge in [0, 0.05) is 12.3 Å². The number of anilines is 1. The molecule has 0 unspecified atom stereocenters. The van der Waals surface area contributed by atoms with Gasteiger partial charge >= 0.3 is 11.7 Å². The smallest absolute Gasteiger partial charge is 0.352 e. The average molecular weight is 389 g/mol. The number of benzene rings is 1. The Labute approximate surface area is 162 Å². The topological polar surface area (TPSA) is 113 Å². The standard InChI is InChI=1S/C19H23N3O6/c1-19(2,3)28-16(23)11-21-18-17(22(24)25)15(9-10-20-18)27-12-13-5-7-14(26-4)8-6-13/h5-10H,11-12H2,1-4H3,(H,20,21). The molecule has 0 saturated heterocycles. The van der Waals surface area contributed by atoms with Crippen molar-refractivity contribution in [3.8, 4) is 11.5 Å². The zero-order chi connectivity index (χ0) is 20.7. The molecule has 0 spiro atoms.